The molecule has 2 aromatic rings. The molecule has 0 bridgehead atoms. The van der Waals surface area contributed by atoms with Gasteiger partial charge in [-0.1, -0.05) is 0 Å². The smallest absolute Gasteiger partial charge is 0.251 e. The molecule has 0 aromatic carbocycles. The number of aromatic nitrogens is 3. The molecule has 1 N–H and O–H groups in total. The van der Waals surface area contributed by atoms with Gasteiger partial charge in [-0.25, -0.2) is 0 Å². The van der Waals surface area contributed by atoms with E-state index in [9.17, 15) is 4.79 Å². The second-order valence-corrected chi connectivity index (χ2v) is 6.43. The molecule has 24 heavy (non-hydrogen) atoms. The summed E-state index contributed by atoms with van der Waals surface area (Å²) in [6, 6.07) is 3.48. The maximum absolute atomic E-state index is 12.1. The Hall–Kier alpha value is -2.21. The second-order valence-electron chi connectivity index (χ2n) is 6.43. The highest BCUT2D eigenvalue weighted by molar-refractivity contribution is 5.93. The summed E-state index contributed by atoms with van der Waals surface area (Å²) in [5.74, 6) is 0.494. The molecule has 1 fully saturated rings. The highest BCUT2D eigenvalue weighted by Gasteiger charge is 2.23. The van der Waals surface area contributed by atoms with Gasteiger partial charge < -0.3 is 5.32 Å². The Morgan fingerprint density at radius 1 is 1.38 bits per heavy atom. The van der Waals surface area contributed by atoms with Crippen LogP contribution in [0.25, 0.3) is 0 Å². The third-order valence-corrected chi connectivity index (χ3v) is 4.63. The van der Waals surface area contributed by atoms with Crippen molar-refractivity contribution in [1.82, 2.24) is 25.0 Å². The summed E-state index contributed by atoms with van der Waals surface area (Å²) in [6.07, 6.45) is 6.56. The largest absolute Gasteiger partial charge is 0.352 e. The van der Waals surface area contributed by atoms with Gasteiger partial charge >= 0.3 is 0 Å². The van der Waals surface area contributed by atoms with Crippen LogP contribution in [0.4, 0.5) is 0 Å². The van der Waals surface area contributed by atoms with E-state index in [1.165, 1.54) is 5.56 Å². The van der Waals surface area contributed by atoms with Gasteiger partial charge in [0, 0.05) is 55.9 Å². The van der Waals surface area contributed by atoms with Crippen LogP contribution in [-0.4, -0.2) is 45.2 Å². The Labute approximate surface area is 142 Å². The molecule has 6 nitrogen and oxygen atoms in total. The van der Waals surface area contributed by atoms with Crippen molar-refractivity contribution in [2.75, 3.05) is 19.6 Å². The zero-order chi connectivity index (χ0) is 16.9. The minimum atomic E-state index is -0.0177. The predicted octanol–water partition coefficient (Wildman–Crippen LogP) is 1.86. The summed E-state index contributed by atoms with van der Waals surface area (Å²) in [7, 11) is 0. The van der Waals surface area contributed by atoms with E-state index < -0.39 is 0 Å². The third kappa shape index (κ3) is 4.00. The van der Waals surface area contributed by atoms with E-state index in [1.54, 1.807) is 24.5 Å². The van der Waals surface area contributed by atoms with Crippen LogP contribution in [0.15, 0.2) is 30.7 Å². The molecule has 1 saturated heterocycles. The van der Waals surface area contributed by atoms with Gasteiger partial charge in [0.2, 0.25) is 0 Å². The number of hydrogen-bond acceptors (Lipinski definition) is 4. The Morgan fingerprint density at radius 2 is 2.17 bits per heavy atom. The lowest BCUT2D eigenvalue weighted by Gasteiger charge is -2.16. The highest BCUT2D eigenvalue weighted by atomic mass is 16.1. The van der Waals surface area contributed by atoms with E-state index in [4.69, 9.17) is 0 Å². The number of amides is 1. The first-order chi connectivity index (χ1) is 11.7. The summed E-state index contributed by atoms with van der Waals surface area (Å²) in [4.78, 5) is 18.5. The van der Waals surface area contributed by atoms with Crippen LogP contribution in [-0.2, 0) is 13.1 Å². The lowest BCUT2D eigenvalue weighted by atomic mass is 10.1. The molecule has 3 heterocycles. The first-order valence-corrected chi connectivity index (χ1v) is 8.59. The number of hydrogen-bond donors (Lipinski definition) is 1. The fourth-order valence-corrected chi connectivity index (χ4v) is 3.18. The van der Waals surface area contributed by atoms with Gasteiger partial charge in [-0.2, -0.15) is 5.10 Å². The average molecular weight is 327 g/mol. The number of aryl methyl sites for hydroxylation is 2. The lowest BCUT2D eigenvalue weighted by molar-refractivity contribution is 0.0947. The molecular weight excluding hydrogens is 302 g/mol. The van der Waals surface area contributed by atoms with Gasteiger partial charge in [-0.15, -0.1) is 0 Å². The Balaban J connectivity index is 1.47. The van der Waals surface area contributed by atoms with E-state index in [2.05, 4.69) is 40.3 Å². The number of carbonyl (C=O) groups excluding carboxylic acids is 1. The van der Waals surface area contributed by atoms with E-state index >= 15 is 0 Å². The van der Waals surface area contributed by atoms with Gasteiger partial charge in [-0.3, -0.25) is 19.4 Å². The molecule has 1 aliphatic rings. The summed E-state index contributed by atoms with van der Waals surface area (Å²) in [5, 5.41) is 7.55. The highest BCUT2D eigenvalue weighted by Crippen LogP contribution is 2.19. The minimum absolute atomic E-state index is 0.0177. The number of nitrogens with zero attached hydrogens (tertiary/aromatic N) is 4. The molecule has 128 valence electrons. The maximum atomic E-state index is 12.1. The number of nitrogens with one attached hydrogen (secondary N) is 1. The van der Waals surface area contributed by atoms with Crippen LogP contribution in [0, 0.1) is 12.8 Å². The van der Waals surface area contributed by atoms with Crippen LogP contribution in [0.2, 0.25) is 0 Å². The van der Waals surface area contributed by atoms with Crippen LogP contribution in [0.3, 0.4) is 0 Å². The molecule has 0 aliphatic carbocycles. The molecule has 3 rings (SSSR count). The predicted molar refractivity (Wildman–Crippen MR) is 92.6 cm³/mol. The Kier molecular flexibility index (Phi) is 5.25. The van der Waals surface area contributed by atoms with Crippen LogP contribution >= 0.6 is 0 Å². The van der Waals surface area contributed by atoms with Crippen molar-refractivity contribution in [2.45, 2.75) is 33.4 Å². The van der Waals surface area contributed by atoms with Crippen LogP contribution in [0.5, 0.6) is 0 Å². The number of pyridine rings is 1. The molecule has 1 aliphatic heterocycles. The fraction of sp³-hybridized carbons (Fsp3) is 0.500. The minimum Gasteiger partial charge on any atom is -0.352 e. The van der Waals surface area contributed by atoms with Crippen LogP contribution in [0.1, 0.15) is 35.0 Å². The van der Waals surface area contributed by atoms with Crippen molar-refractivity contribution in [3.63, 3.8) is 0 Å². The van der Waals surface area contributed by atoms with Gasteiger partial charge in [-0.05, 0) is 44.9 Å². The monoisotopic (exact) mass is 327 g/mol. The van der Waals surface area contributed by atoms with Crippen molar-refractivity contribution in [3.05, 3.63) is 47.5 Å². The molecule has 0 spiro atoms. The third-order valence-electron chi connectivity index (χ3n) is 4.63. The zero-order valence-corrected chi connectivity index (χ0v) is 14.4. The molecule has 0 unspecified atom stereocenters. The summed E-state index contributed by atoms with van der Waals surface area (Å²) in [6.45, 7) is 8.85. The number of carbonyl (C=O) groups is 1. The lowest BCUT2D eigenvalue weighted by Crippen LogP contribution is -2.31. The maximum Gasteiger partial charge on any atom is 0.251 e. The first-order valence-electron chi connectivity index (χ1n) is 8.59. The Bertz CT molecular complexity index is 682. The van der Waals surface area contributed by atoms with Crippen molar-refractivity contribution in [1.29, 1.82) is 0 Å². The van der Waals surface area contributed by atoms with Crippen molar-refractivity contribution >= 4 is 5.91 Å². The topological polar surface area (TPSA) is 63.0 Å². The molecule has 0 radical (unpaired) electrons. The van der Waals surface area contributed by atoms with Crippen LogP contribution < -0.4 is 5.32 Å². The standard InChI is InChI=1S/C18H25N5O/c1-3-23-13-17(14(2)21-23)12-22-9-6-15(11-22)10-20-18(24)16-4-7-19-8-5-16/h4-5,7-8,13,15H,3,6,9-12H2,1-2H3,(H,20,24)/t15-/m1/s1. The quantitative estimate of drug-likeness (QED) is 0.880. The molecule has 2 aromatic heterocycles. The van der Waals surface area contributed by atoms with Gasteiger partial charge in [0.15, 0.2) is 0 Å². The second kappa shape index (κ2) is 7.57. The van der Waals surface area contributed by atoms with Gasteiger partial charge in [0.1, 0.15) is 0 Å². The van der Waals surface area contributed by atoms with Gasteiger partial charge in [0.05, 0.1) is 5.69 Å². The SMILES string of the molecule is CCn1cc(CN2CC[C@H](CNC(=O)c3ccncc3)C2)c(C)n1. The molecule has 1 atom stereocenters. The summed E-state index contributed by atoms with van der Waals surface area (Å²) in [5.41, 5.74) is 3.09. The van der Waals surface area contributed by atoms with Crippen molar-refractivity contribution < 1.29 is 4.79 Å². The molecular formula is C18H25N5O. The van der Waals surface area contributed by atoms with E-state index in [0.29, 0.717) is 11.5 Å². The van der Waals surface area contributed by atoms with Crippen molar-refractivity contribution in [2.24, 2.45) is 5.92 Å². The van der Waals surface area contributed by atoms with E-state index in [0.717, 1.165) is 44.8 Å². The first kappa shape index (κ1) is 16.6. The summed E-state index contributed by atoms with van der Waals surface area (Å²) < 4.78 is 1.99. The molecule has 0 saturated carbocycles. The van der Waals surface area contributed by atoms with Gasteiger partial charge in [0.25, 0.3) is 5.91 Å². The molecule has 6 heteroatoms. The van der Waals surface area contributed by atoms with E-state index in [-0.39, 0.29) is 5.91 Å². The molecule has 1 amide bonds. The number of likely N-dealkylation sites (tertiary alicyclic amines) is 1. The normalized spacial score (nSPS) is 18.0. The average Bonchev–Trinajstić information content (AvgIpc) is 3.20. The summed E-state index contributed by atoms with van der Waals surface area (Å²) >= 11 is 0. The fourth-order valence-electron chi connectivity index (χ4n) is 3.18. The Morgan fingerprint density at radius 3 is 2.88 bits per heavy atom. The number of rotatable bonds is 6. The van der Waals surface area contributed by atoms with Crippen molar-refractivity contribution in [3.8, 4) is 0 Å². The zero-order valence-electron chi connectivity index (χ0n) is 14.4. The van der Waals surface area contributed by atoms with E-state index in [1.807, 2.05) is 4.68 Å².